The Morgan fingerprint density at radius 3 is 2.65 bits per heavy atom. The van der Waals surface area contributed by atoms with Crippen molar-refractivity contribution in [3.8, 4) is 11.8 Å². The number of hydrogen-bond acceptors (Lipinski definition) is 3. The van der Waals surface area contributed by atoms with Gasteiger partial charge in [-0.3, -0.25) is 0 Å². The Hall–Kier alpha value is -1.06. The van der Waals surface area contributed by atoms with Gasteiger partial charge in [0.2, 0.25) is 10.0 Å². The third-order valence-corrected chi connectivity index (χ3v) is 4.28. The van der Waals surface area contributed by atoms with Gasteiger partial charge in [0, 0.05) is 18.5 Å². The molecule has 0 bridgehead atoms. The van der Waals surface area contributed by atoms with Crippen molar-refractivity contribution >= 4 is 21.6 Å². The molecule has 1 aromatic rings. The summed E-state index contributed by atoms with van der Waals surface area (Å²) in [7, 11) is -3.60. The van der Waals surface area contributed by atoms with E-state index in [2.05, 4.69) is 16.6 Å². The highest BCUT2D eigenvalue weighted by molar-refractivity contribution is 7.89. The predicted molar refractivity (Wildman–Crippen MR) is 80.1 cm³/mol. The smallest absolute Gasteiger partial charge is 0.242 e. The lowest BCUT2D eigenvalue weighted by Crippen LogP contribution is -2.27. The topological polar surface area (TPSA) is 66.4 Å². The van der Waals surface area contributed by atoms with Gasteiger partial charge in [0.15, 0.2) is 0 Å². The second kappa shape index (κ2) is 7.65. The highest BCUT2D eigenvalue weighted by Crippen LogP contribution is 2.22. The number of benzene rings is 1. The van der Waals surface area contributed by atoms with Crippen LogP contribution in [0.5, 0.6) is 0 Å². The van der Waals surface area contributed by atoms with Crippen LogP contribution in [0.1, 0.15) is 25.8 Å². The number of halogens is 1. The van der Waals surface area contributed by atoms with Crippen LogP contribution in [-0.2, 0) is 10.0 Å². The highest BCUT2D eigenvalue weighted by Gasteiger charge is 2.17. The average molecular weight is 316 g/mol. The molecule has 0 amide bonds. The lowest BCUT2D eigenvalue weighted by atomic mass is 10.2. The van der Waals surface area contributed by atoms with E-state index < -0.39 is 10.0 Å². The summed E-state index contributed by atoms with van der Waals surface area (Å²) in [6.45, 7) is 4.19. The third-order valence-electron chi connectivity index (χ3n) is 2.37. The van der Waals surface area contributed by atoms with Gasteiger partial charge < -0.3 is 5.11 Å². The maximum atomic E-state index is 12.1. The SMILES string of the molecule is CC(C)CNS(=O)(=O)c1ccc(C#CCCO)cc1Cl. The first-order chi connectivity index (χ1) is 9.36. The van der Waals surface area contributed by atoms with Crippen LogP contribution in [0.4, 0.5) is 0 Å². The van der Waals surface area contributed by atoms with Crippen LogP contribution >= 0.6 is 11.6 Å². The van der Waals surface area contributed by atoms with E-state index in [9.17, 15) is 8.42 Å². The molecule has 0 aliphatic heterocycles. The van der Waals surface area contributed by atoms with Gasteiger partial charge in [-0.05, 0) is 24.1 Å². The molecule has 0 saturated heterocycles. The monoisotopic (exact) mass is 315 g/mol. The van der Waals surface area contributed by atoms with Gasteiger partial charge in [-0.2, -0.15) is 0 Å². The quantitative estimate of drug-likeness (QED) is 0.817. The number of nitrogens with one attached hydrogen (secondary N) is 1. The normalized spacial score (nSPS) is 11.2. The molecule has 4 nitrogen and oxygen atoms in total. The minimum Gasteiger partial charge on any atom is -0.395 e. The summed E-state index contributed by atoms with van der Waals surface area (Å²) < 4.78 is 26.6. The predicted octanol–water partition coefficient (Wildman–Crippen LogP) is 2.01. The molecule has 0 saturated carbocycles. The Kier molecular flexibility index (Phi) is 6.50. The summed E-state index contributed by atoms with van der Waals surface area (Å²) in [6, 6.07) is 4.55. The zero-order valence-corrected chi connectivity index (χ0v) is 13.1. The molecule has 20 heavy (non-hydrogen) atoms. The highest BCUT2D eigenvalue weighted by atomic mass is 35.5. The van der Waals surface area contributed by atoms with Gasteiger partial charge in [-0.1, -0.05) is 37.3 Å². The van der Waals surface area contributed by atoms with E-state index in [0.29, 0.717) is 18.5 Å². The Balaban J connectivity index is 2.96. The largest absolute Gasteiger partial charge is 0.395 e. The van der Waals surface area contributed by atoms with E-state index in [1.807, 2.05) is 13.8 Å². The molecule has 110 valence electrons. The number of aliphatic hydroxyl groups excluding tert-OH is 1. The first-order valence-electron chi connectivity index (χ1n) is 6.25. The second-order valence-electron chi connectivity index (χ2n) is 4.67. The standard InChI is InChI=1S/C14H18ClNO3S/c1-11(2)10-16-20(18,19)14-7-6-12(9-13(14)15)5-3-4-8-17/h6-7,9,11,16-17H,4,8,10H2,1-2H3. The maximum absolute atomic E-state index is 12.1. The van der Waals surface area contributed by atoms with Gasteiger partial charge in [0.1, 0.15) is 4.90 Å². The molecule has 0 atom stereocenters. The van der Waals surface area contributed by atoms with Crippen LogP contribution in [0.3, 0.4) is 0 Å². The van der Waals surface area contributed by atoms with Crippen molar-refractivity contribution in [2.24, 2.45) is 5.92 Å². The van der Waals surface area contributed by atoms with Gasteiger partial charge in [-0.25, -0.2) is 13.1 Å². The molecule has 2 N–H and O–H groups in total. The van der Waals surface area contributed by atoms with Gasteiger partial charge in [0.05, 0.1) is 11.6 Å². The van der Waals surface area contributed by atoms with Crippen LogP contribution in [0.15, 0.2) is 23.1 Å². The van der Waals surface area contributed by atoms with Crippen molar-refractivity contribution in [2.45, 2.75) is 25.2 Å². The molecule has 0 heterocycles. The molecular weight excluding hydrogens is 298 g/mol. The maximum Gasteiger partial charge on any atom is 0.242 e. The van der Waals surface area contributed by atoms with Crippen LogP contribution < -0.4 is 4.72 Å². The number of sulfonamides is 1. The zero-order chi connectivity index (χ0) is 15.2. The van der Waals surface area contributed by atoms with Gasteiger partial charge in [0.25, 0.3) is 0 Å². The molecule has 6 heteroatoms. The molecule has 0 aromatic heterocycles. The molecule has 0 unspecified atom stereocenters. The minimum absolute atomic E-state index is 0.00762. The van der Waals surface area contributed by atoms with Crippen molar-refractivity contribution < 1.29 is 13.5 Å². The molecule has 0 radical (unpaired) electrons. The summed E-state index contributed by atoms with van der Waals surface area (Å²) in [6.07, 6.45) is 0.369. The zero-order valence-electron chi connectivity index (χ0n) is 11.5. The van der Waals surface area contributed by atoms with E-state index in [1.54, 1.807) is 6.07 Å². The summed E-state index contributed by atoms with van der Waals surface area (Å²) >= 11 is 6.01. The second-order valence-corrected chi connectivity index (χ2v) is 6.81. The van der Waals surface area contributed by atoms with Crippen molar-refractivity contribution in [3.63, 3.8) is 0 Å². The number of rotatable bonds is 5. The molecule has 1 aromatic carbocycles. The van der Waals surface area contributed by atoms with Gasteiger partial charge in [-0.15, -0.1) is 0 Å². The van der Waals surface area contributed by atoms with Gasteiger partial charge >= 0.3 is 0 Å². The fraction of sp³-hybridized carbons (Fsp3) is 0.429. The van der Waals surface area contributed by atoms with Crippen molar-refractivity contribution in [1.29, 1.82) is 0 Å². The molecule has 1 rings (SSSR count). The average Bonchev–Trinajstić information content (AvgIpc) is 2.37. The van der Waals surface area contributed by atoms with Crippen molar-refractivity contribution in [3.05, 3.63) is 28.8 Å². The molecule has 0 aliphatic carbocycles. The number of aliphatic hydroxyl groups is 1. The Morgan fingerprint density at radius 1 is 1.40 bits per heavy atom. The Morgan fingerprint density at radius 2 is 2.10 bits per heavy atom. The third kappa shape index (κ3) is 5.14. The van der Waals surface area contributed by atoms with E-state index in [4.69, 9.17) is 16.7 Å². The van der Waals surface area contributed by atoms with E-state index in [1.165, 1.54) is 12.1 Å². The van der Waals surface area contributed by atoms with Crippen LogP contribution in [-0.4, -0.2) is 26.7 Å². The van der Waals surface area contributed by atoms with Crippen LogP contribution in [0, 0.1) is 17.8 Å². The summed E-state index contributed by atoms with van der Waals surface area (Å²) in [4.78, 5) is 0.0486. The molecule has 0 aliphatic rings. The van der Waals surface area contributed by atoms with Crippen LogP contribution in [0.2, 0.25) is 5.02 Å². The minimum atomic E-state index is -3.60. The Bertz CT molecular complexity index is 615. The summed E-state index contributed by atoms with van der Waals surface area (Å²) in [5.41, 5.74) is 0.617. The lowest BCUT2D eigenvalue weighted by Gasteiger charge is -2.10. The van der Waals surface area contributed by atoms with E-state index >= 15 is 0 Å². The Labute approximate surface area is 125 Å². The van der Waals surface area contributed by atoms with E-state index in [-0.39, 0.29) is 22.4 Å². The lowest BCUT2D eigenvalue weighted by molar-refractivity contribution is 0.305. The fourth-order valence-corrected chi connectivity index (χ4v) is 3.13. The van der Waals surface area contributed by atoms with Crippen molar-refractivity contribution in [1.82, 2.24) is 4.72 Å². The summed E-state index contributed by atoms with van der Waals surface area (Å²) in [5.74, 6) is 5.77. The molecular formula is C14H18ClNO3S. The van der Waals surface area contributed by atoms with Crippen molar-refractivity contribution in [2.75, 3.05) is 13.2 Å². The first-order valence-corrected chi connectivity index (χ1v) is 8.12. The first kappa shape index (κ1) is 17.0. The molecule has 0 spiro atoms. The molecule has 0 fully saturated rings. The summed E-state index contributed by atoms with van der Waals surface area (Å²) in [5, 5.41) is 8.77. The van der Waals surface area contributed by atoms with E-state index in [0.717, 1.165) is 0 Å². The fourth-order valence-electron chi connectivity index (χ4n) is 1.37. The number of hydrogen-bond donors (Lipinski definition) is 2. The van der Waals surface area contributed by atoms with Crippen LogP contribution in [0.25, 0.3) is 0 Å².